The molecule has 0 aromatic carbocycles. The molecule has 0 unspecified atom stereocenters. The van der Waals surface area contributed by atoms with E-state index < -0.39 is 29.6 Å². The molecule has 0 radical (unpaired) electrons. The van der Waals surface area contributed by atoms with Crippen molar-refractivity contribution < 1.29 is 19.1 Å². The van der Waals surface area contributed by atoms with Crippen LogP contribution < -0.4 is 16.4 Å². The lowest BCUT2D eigenvalue weighted by Crippen LogP contribution is -2.48. The molecule has 0 aromatic heterocycles. The number of ether oxygens (including phenoxy) is 1. The highest BCUT2D eigenvalue weighted by molar-refractivity contribution is 5.88. The SMILES string of the molecule is CC(C)C[C@H](NC(=O)CNC(=O)OC(C)(C)C)C(N)=O. The van der Waals surface area contributed by atoms with E-state index in [2.05, 4.69) is 10.6 Å². The van der Waals surface area contributed by atoms with Crippen LogP contribution in [0.5, 0.6) is 0 Å². The molecule has 0 heterocycles. The van der Waals surface area contributed by atoms with Crippen molar-refractivity contribution in [3.8, 4) is 0 Å². The Labute approximate surface area is 119 Å². The van der Waals surface area contributed by atoms with E-state index >= 15 is 0 Å². The average molecular weight is 287 g/mol. The summed E-state index contributed by atoms with van der Waals surface area (Å²) in [5.41, 5.74) is 4.58. The second-order valence-electron chi connectivity index (χ2n) is 6.01. The molecule has 3 amide bonds. The first kappa shape index (κ1) is 18.2. The maximum atomic E-state index is 11.6. The van der Waals surface area contributed by atoms with Gasteiger partial charge in [0, 0.05) is 0 Å². The van der Waals surface area contributed by atoms with Gasteiger partial charge in [-0.3, -0.25) is 9.59 Å². The lowest BCUT2D eigenvalue weighted by atomic mass is 10.0. The smallest absolute Gasteiger partial charge is 0.408 e. The van der Waals surface area contributed by atoms with E-state index in [1.54, 1.807) is 20.8 Å². The molecular weight excluding hydrogens is 262 g/mol. The van der Waals surface area contributed by atoms with Crippen LogP contribution in [0, 0.1) is 5.92 Å². The molecular formula is C13H25N3O4. The van der Waals surface area contributed by atoms with E-state index in [1.165, 1.54) is 0 Å². The van der Waals surface area contributed by atoms with Crippen LogP contribution in [0.1, 0.15) is 41.0 Å². The summed E-state index contributed by atoms with van der Waals surface area (Å²) in [6.45, 7) is 8.73. The highest BCUT2D eigenvalue weighted by Gasteiger charge is 2.20. The van der Waals surface area contributed by atoms with Gasteiger partial charge in [-0.2, -0.15) is 0 Å². The van der Waals surface area contributed by atoms with Gasteiger partial charge < -0.3 is 21.1 Å². The molecule has 1 atom stereocenters. The van der Waals surface area contributed by atoms with Crippen molar-refractivity contribution in [3.05, 3.63) is 0 Å². The lowest BCUT2D eigenvalue weighted by Gasteiger charge is -2.20. The maximum absolute atomic E-state index is 11.6. The number of hydrogen-bond donors (Lipinski definition) is 3. The molecule has 20 heavy (non-hydrogen) atoms. The molecule has 0 aliphatic heterocycles. The van der Waals surface area contributed by atoms with Crippen molar-refractivity contribution in [2.45, 2.75) is 52.7 Å². The van der Waals surface area contributed by atoms with Gasteiger partial charge in [0.25, 0.3) is 0 Å². The number of primary amides is 1. The average Bonchev–Trinajstić information content (AvgIpc) is 2.22. The molecule has 0 fully saturated rings. The minimum absolute atomic E-state index is 0.214. The second-order valence-corrected chi connectivity index (χ2v) is 6.01. The Morgan fingerprint density at radius 2 is 1.75 bits per heavy atom. The summed E-state index contributed by atoms with van der Waals surface area (Å²) in [6.07, 6.45) is -0.236. The van der Waals surface area contributed by atoms with Gasteiger partial charge in [0.15, 0.2) is 0 Å². The topological polar surface area (TPSA) is 111 Å². The van der Waals surface area contributed by atoms with Crippen molar-refractivity contribution in [1.29, 1.82) is 0 Å². The maximum Gasteiger partial charge on any atom is 0.408 e. The summed E-state index contributed by atoms with van der Waals surface area (Å²) in [5.74, 6) is -0.865. The molecule has 116 valence electrons. The van der Waals surface area contributed by atoms with Crippen LogP contribution in [0.2, 0.25) is 0 Å². The number of amides is 3. The van der Waals surface area contributed by atoms with E-state index in [0.29, 0.717) is 6.42 Å². The van der Waals surface area contributed by atoms with Crippen LogP contribution >= 0.6 is 0 Å². The summed E-state index contributed by atoms with van der Waals surface area (Å²) in [5, 5.41) is 4.79. The van der Waals surface area contributed by atoms with Crippen molar-refractivity contribution in [2.24, 2.45) is 11.7 Å². The van der Waals surface area contributed by atoms with Gasteiger partial charge in [0.2, 0.25) is 11.8 Å². The van der Waals surface area contributed by atoms with Crippen molar-refractivity contribution in [2.75, 3.05) is 6.54 Å². The minimum Gasteiger partial charge on any atom is -0.444 e. The summed E-state index contributed by atoms with van der Waals surface area (Å²) >= 11 is 0. The number of carbonyl (C=O) groups is 3. The fourth-order valence-electron chi connectivity index (χ4n) is 1.43. The van der Waals surface area contributed by atoms with Crippen molar-refractivity contribution >= 4 is 17.9 Å². The van der Waals surface area contributed by atoms with Crippen LogP contribution in [0.25, 0.3) is 0 Å². The van der Waals surface area contributed by atoms with Crippen LogP contribution in [0.3, 0.4) is 0 Å². The number of hydrogen-bond acceptors (Lipinski definition) is 4. The van der Waals surface area contributed by atoms with Crippen LogP contribution in [0.15, 0.2) is 0 Å². The monoisotopic (exact) mass is 287 g/mol. The van der Waals surface area contributed by atoms with Gasteiger partial charge in [-0.25, -0.2) is 4.79 Å². The zero-order valence-corrected chi connectivity index (χ0v) is 12.8. The van der Waals surface area contributed by atoms with Gasteiger partial charge in [0.1, 0.15) is 18.2 Å². The standard InChI is InChI=1S/C13H25N3O4/c1-8(2)6-9(11(14)18)16-10(17)7-15-12(19)20-13(3,4)5/h8-9H,6-7H2,1-5H3,(H2,14,18)(H,15,19)(H,16,17)/t9-/m0/s1. The third kappa shape index (κ3) is 9.18. The Bertz CT molecular complexity index is 361. The summed E-state index contributed by atoms with van der Waals surface area (Å²) < 4.78 is 4.98. The minimum atomic E-state index is -0.733. The molecule has 0 bridgehead atoms. The molecule has 0 rings (SSSR count). The Morgan fingerprint density at radius 3 is 2.15 bits per heavy atom. The van der Waals surface area contributed by atoms with Crippen molar-refractivity contribution in [3.63, 3.8) is 0 Å². The Morgan fingerprint density at radius 1 is 1.20 bits per heavy atom. The van der Waals surface area contributed by atoms with E-state index in [-0.39, 0.29) is 12.5 Å². The summed E-state index contributed by atoms with van der Waals surface area (Å²) in [6, 6.07) is -0.733. The molecule has 0 aliphatic carbocycles. The third-order valence-electron chi connectivity index (χ3n) is 2.18. The lowest BCUT2D eigenvalue weighted by molar-refractivity contribution is -0.127. The molecule has 0 spiro atoms. The zero-order valence-electron chi connectivity index (χ0n) is 12.8. The van der Waals surface area contributed by atoms with E-state index in [1.807, 2.05) is 13.8 Å². The fourth-order valence-corrected chi connectivity index (χ4v) is 1.43. The first-order valence-corrected chi connectivity index (χ1v) is 6.56. The second kappa shape index (κ2) is 7.72. The van der Waals surface area contributed by atoms with E-state index in [0.717, 1.165) is 0 Å². The van der Waals surface area contributed by atoms with Crippen molar-refractivity contribution in [1.82, 2.24) is 10.6 Å². The molecule has 4 N–H and O–H groups in total. The highest BCUT2D eigenvalue weighted by Crippen LogP contribution is 2.06. The van der Waals surface area contributed by atoms with Crippen LogP contribution in [-0.2, 0) is 14.3 Å². The number of rotatable bonds is 6. The van der Waals surface area contributed by atoms with Gasteiger partial charge >= 0.3 is 6.09 Å². The van der Waals surface area contributed by atoms with Gasteiger partial charge in [-0.05, 0) is 33.1 Å². The number of alkyl carbamates (subject to hydrolysis) is 1. The molecule has 7 heteroatoms. The van der Waals surface area contributed by atoms with E-state index in [4.69, 9.17) is 10.5 Å². The predicted octanol–water partition coefficient (Wildman–Crippen LogP) is 0.527. The molecule has 0 saturated heterocycles. The van der Waals surface area contributed by atoms with Crippen LogP contribution in [0.4, 0.5) is 4.79 Å². The molecule has 0 saturated carbocycles. The molecule has 7 nitrogen and oxygen atoms in total. The fraction of sp³-hybridized carbons (Fsp3) is 0.769. The number of nitrogens with one attached hydrogen (secondary N) is 2. The molecule has 0 aromatic rings. The quantitative estimate of drug-likeness (QED) is 0.661. The normalized spacial score (nSPS) is 12.7. The predicted molar refractivity (Wildman–Crippen MR) is 74.8 cm³/mol. The number of carbonyl (C=O) groups excluding carboxylic acids is 3. The van der Waals surface area contributed by atoms with Gasteiger partial charge in [-0.1, -0.05) is 13.8 Å². The third-order valence-corrected chi connectivity index (χ3v) is 2.18. The highest BCUT2D eigenvalue weighted by atomic mass is 16.6. The van der Waals surface area contributed by atoms with Gasteiger partial charge in [0.05, 0.1) is 0 Å². The number of nitrogens with two attached hydrogens (primary N) is 1. The Hall–Kier alpha value is -1.79. The van der Waals surface area contributed by atoms with Crippen LogP contribution in [-0.4, -0.2) is 36.1 Å². The largest absolute Gasteiger partial charge is 0.444 e. The summed E-state index contributed by atoms with van der Waals surface area (Å²) in [4.78, 5) is 34.2. The first-order chi connectivity index (χ1) is 9.01. The zero-order chi connectivity index (χ0) is 15.9. The Kier molecular flexibility index (Phi) is 7.02. The summed E-state index contributed by atoms with van der Waals surface area (Å²) in [7, 11) is 0. The van der Waals surface area contributed by atoms with E-state index in [9.17, 15) is 14.4 Å². The Balaban J connectivity index is 4.21. The molecule has 0 aliphatic rings. The first-order valence-electron chi connectivity index (χ1n) is 6.56. The van der Waals surface area contributed by atoms with Gasteiger partial charge in [-0.15, -0.1) is 0 Å².